The molecule has 1 N–H and O–H groups in total. The van der Waals surface area contributed by atoms with Crippen LogP contribution < -0.4 is 9.46 Å². The molecule has 2 unspecified atom stereocenters. The Morgan fingerprint density at radius 2 is 1.74 bits per heavy atom. The lowest BCUT2D eigenvalue weighted by Gasteiger charge is -2.27. The number of methoxy groups -OCH3 is 1. The molecule has 46 heavy (non-hydrogen) atoms. The molecule has 10 heteroatoms. The highest BCUT2D eigenvalue weighted by Crippen LogP contribution is 2.66. The summed E-state index contributed by atoms with van der Waals surface area (Å²) in [7, 11) is 0.129. The van der Waals surface area contributed by atoms with E-state index in [1.165, 1.54) is 30.4 Å². The average Bonchev–Trinajstić information content (AvgIpc) is 3.98. The summed E-state index contributed by atoms with van der Waals surface area (Å²) in [5, 5.41) is 0.621. The molecule has 3 heterocycles. The van der Waals surface area contributed by atoms with E-state index in [-0.39, 0.29) is 11.8 Å². The topological polar surface area (TPSA) is 101 Å². The van der Waals surface area contributed by atoms with Crippen molar-refractivity contribution in [2.75, 3.05) is 40.3 Å². The Kier molecular flexibility index (Phi) is 7.25. The molecule has 9 nitrogen and oxygen atoms in total. The van der Waals surface area contributed by atoms with Crippen LogP contribution in [0.2, 0.25) is 0 Å². The fraction of sp³-hybridized carbons (Fsp3) is 0.556. The van der Waals surface area contributed by atoms with Crippen LogP contribution in [0.25, 0.3) is 22.2 Å². The monoisotopic (exact) mass is 644 g/mol. The molecule has 5 aliphatic rings. The summed E-state index contributed by atoms with van der Waals surface area (Å²) in [6.45, 7) is 3.86. The summed E-state index contributed by atoms with van der Waals surface area (Å²) in [4.78, 5) is 32.4. The molecule has 0 spiro atoms. The van der Waals surface area contributed by atoms with E-state index in [1.54, 1.807) is 13.2 Å². The maximum Gasteiger partial charge on any atom is 0.264 e. The van der Waals surface area contributed by atoms with Crippen LogP contribution in [0.1, 0.15) is 91.1 Å². The predicted octanol–water partition coefficient (Wildman–Crippen LogP) is 5.24. The zero-order valence-electron chi connectivity index (χ0n) is 26.9. The third-order valence-electron chi connectivity index (χ3n) is 11.4. The minimum Gasteiger partial charge on any atom is -0.497 e. The number of likely N-dealkylation sites (N-methyl/N-ethyl adjacent to an activating group) is 1. The van der Waals surface area contributed by atoms with Crippen LogP contribution in [0.5, 0.6) is 5.75 Å². The molecule has 244 valence electrons. The number of hydrogen-bond donors (Lipinski definition) is 1. The first kappa shape index (κ1) is 30.0. The summed E-state index contributed by atoms with van der Waals surface area (Å²) < 4.78 is 35.8. The number of amides is 2. The van der Waals surface area contributed by atoms with Crippen LogP contribution in [0, 0.1) is 5.41 Å². The molecule has 4 fully saturated rings. The summed E-state index contributed by atoms with van der Waals surface area (Å²) in [6, 6.07) is 12.0. The van der Waals surface area contributed by atoms with Gasteiger partial charge in [0.1, 0.15) is 5.75 Å². The highest BCUT2D eigenvalue weighted by Gasteiger charge is 2.63. The van der Waals surface area contributed by atoms with E-state index in [9.17, 15) is 18.0 Å². The zero-order chi connectivity index (χ0) is 31.8. The standard InChI is InChI=1S/C36H44N4O5S/c1-38-15-6-16-39(18-17-38)35(42)36-21-30(36)29-20-25(45-2)10-14-27(29)33-32(23-7-4-3-5-8-23)28-13-9-24(19-31(28)40(33)22-36)34(41)37-46(43,44)26-11-12-26/h9-10,13-14,19-20,23,26,30H,3-8,11-12,15-18,21-22H2,1-2H3,(H,37,41). The Morgan fingerprint density at radius 3 is 2.50 bits per heavy atom. The Hall–Kier alpha value is -3.37. The van der Waals surface area contributed by atoms with Gasteiger partial charge in [-0.2, -0.15) is 0 Å². The SMILES string of the molecule is COc1ccc2c(c1)C1CC1(C(=O)N1CCCN(C)CC1)Cn1c-2c(C2CCCCC2)c2ccc(C(=O)NS(=O)(=O)C3CC3)cc21. The average molecular weight is 645 g/mol. The molecule has 2 amide bonds. The first-order valence-corrected chi connectivity index (χ1v) is 18.6. The number of sulfonamides is 1. The Bertz CT molecular complexity index is 1840. The number of nitrogens with one attached hydrogen (secondary N) is 1. The number of nitrogens with zero attached hydrogens (tertiary/aromatic N) is 3. The van der Waals surface area contributed by atoms with Crippen molar-refractivity contribution in [2.45, 2.75) is 81.4 Å². The van der Waals surface area contributed by atoms with E-state index >= 15 is 0 Å². The molecule has 1 saturated heterocycles. The normalized spacial score (nSPS) is 25.2. The fourth-order valence-electron chi connectivity index (χ4n) is 8.64. The van der Waals surface area contributed by atoms with Crippen molar-refractivity contribution >= 4 is 32.7 Å². The fourth-order valence-corrected chi connectivity index (χ4v) is 9.94. The predicted molar refractivity (Wildman–Crippen MR) is 178 cm³/mol. The van der Waals surface area contributed by atoms with E-state index < -0.39 is 26.6 Å². The molecule has 0 bridgehead atoms. The van der Waals surface area contributed by atoms with E-state index in [4.69, 9.17) is 4.74 Å². The minimum absolute atomic E-state index is 0.0791. The molecule has 2 aromatic carbocycles. The van der Waals surface area contributed by atoms with E-state index in [2.05, 4.69) is 38.3 Å². The van der Waals surface area contributed by atoms with Crippen molar-refractivity contribution in [1.29, 1.82) is 0 Å². The van der Waals surface area contributed by atoms with Crippen molar-refractivity contribution < 1.29 is 22.7 Å². The highest BCUT2D eigenvalue weighted by molar-refractivity contribution is 7.91. The van der Waals surface area contributed by atoms with Crippen molar-refractivity contribution in [3.63, 3.8) is 0 Å². The third kappa shape index (κ3) is 4.94. The van der Waals surface area contributed by atoms with Gasteiger partial charge in [-0.3, -0.25) is 9.59 Å². The van der Waals surface area contributed by atoms with Crippen LogP contribution in [0.4, 0.5) is 0 Å². The van der Waals surface area contributed by atoms with E-state index in [0.717, 1.165) is 79.8 Å². The van der Waals surface area contributed by atoms with Gasteiger partial charge in [0.25, 0.3) is 5.91 Å². The summed E-state index contributed by atoms with van der Waals surface area (Å²) in [5.41, 5.74) is 5.42. The summed E-state index contributed by atoms with van der Waals surface area (Å²) in [5.74, 6) is 0.879. The lowest BCUT2D eigenvalue weighted by atomic mass is 9.81. The zero-order valence-corrected chi connectivity index (χ0v) is 27.7. The molecule has 3 aliphatic carbocycles. The number of ether oxygens (including phenoxy) is 1. The second-order valence-corrected chi connectivity index (χ2v) is 16.4. The van der Waals surface area contributed by atoms with Gasteiger partial charge in [-0.05, 0) is 99.5 Å². The first-order chi connectivity index (χ1) is 22.2. The molecule has 1 aromatic heterocycles. The second kappa shape index (κ2) is 11.1. The van der Waals surface area contributed by atoms with Crippen molar-refractivity contribution in [2.24, 2.45) is 5.41 Å². The number of carbonyl (C=O) groups excluding carboxylic acids is 2. The van der Waals surface area contributed by atoms with Gasteiger partial charge in [-0.25, -0.2) is 13.1 Å². The molecule has 3 aromatic rings. The number of aromatic nitrogens is 1. The lowest BCUT2D eigenvalue weighted by molar-refractivity contribution is -0.137. The number of hydrogen-bond acceptors (Lipinski definition) is 6. The van der Waals surface area contributed by atoms with Gasteiger partial charge in [0, 0.05) is 54.1 Å². The Balaban J connectivity index is 1.30. The molecule has 2 aliphatic heterocycles. The molecular formula is C36H44N4O5S. The maximum absolute atomic E-state index is 14.7. The molecule has 2 atom stereocenters. The van der Waals surface area contributed by atoms with Gasteiger partial charge in [-0.1, -0.05) is 25.3 Å². The van der Waals surface area contributed by atoms with Crippen molar-refractivity contribution in [3.05, 3.63) is 53.1 Å². The second-order valence-electron chi connectivity index (χ2n) is 14.4. The minimum atomic E-state index is -3.68. The van der Waals surface area contributed by atoms with Crippen LogP contribution >= 0.6 is 0 Å². The molecular weight excluding hydrogens is 600 g/mol. The third-order valence-corrected chi connectivity index (χ3v) is 13.2. The number of carbonyl (C=O) groups is 2. The van der Waals surface area contributed by atoms with Crippen LogP contribution in [0.15, 0.2) is 36.4 Å². The first-order valence-electron chi connectivity index (χ1n) is 17.1. The van der Waals surface area contributed by atoms with Gasteiger partial charge >= 0.3 is 0 Å². The largest absolute Gasteiger partial charge is 0.497 e. The Labute approximate surface area is 271 Å². The lowest BCUT2D eigenvalue weighted by Crippen LogP contribution is -2.41. The highest BCUT2D eigenvalue weighted by atomic mass is 32.2. The molecule has 8 rings (SSSR count). The maximum atomic E-state index is 14.7. The summed E-state index contributed by atoms with van der Waals surface area (Å²) >= 11 is 0. The van der Waals surface area contributed by atoms with Crippen LogP contribution in [-0.2, 0) is 21.4 Å². The number of benzene rings is 2. The van der Waals surface area contributed by atoms with Gasteiger partial charge in [0.15, 0.2) is 0 Å². The number of fused-ring (bicyclic) bond motifs is 7. The van der Waals surface area contributed by atoms with E-state index in [1.807, 2.05) is 18.2 Å². The molecule has 0 radical (unpaired) electrons. The summed E-state index contributed by atoms with van der Waals surface area (Å²) in [6.07, 6.45) is 8.72. The van der Waals surface area contributed by atoms with Gasteiger partial charge in [0.05, 0.1) is 23.5 Å². The van der Waals surface area contributed by atoms with Gasteiger partial charge < -0.3 is 19.1 Å². The number of rotatable bonds is 6. The smallest absolute Gasteiger partial charge is 0.264 e. The van der Waals surface area contributed by atoms with Crippen LogP contribution in [-0.4, -0.2) is 80.2 Å². The van der Waals surface area contributed by atoms with Gasteiger partial charge in [0.2, 0.25) is 15.9 Å². The van der Waals surface area contributed by atoms with Crippen molar-refractivity contribution in [1.82, 2.24) is 19.1 Å². The van der Waals surface area contributed by atoms with E-state index in [0.29, 0.717) is 30.9 Å². The van der Waals surface area contributed by atoms with Crippen molar-refractivity contribution in [3.8, 4) is 17.0 Å². The van der Waals surface area contributed by atoms with Crippen LogP contribution in [0.3, 0.4) is 0 Å². The molecule has 3 saturated carbocycles. The Morgan fingerprint density at radius 1 is 0.935 bits per heavy atom. The van der Waals surface area contributed by atoms with Gasteiger partial charge in [-0.15, -0.1) is 0 Å². The quantitative estimate of drug-likeness (QED) is 0.394.